The number of nitrogens with one attached hydrogen (secondary N) is 2. The fourth-order valence-corrected chi connectivity index (χ4v) is 2.06. The molecule has 128 valence electrons. The highest BCUT2D eigenvalue weighted by Crippen LogP contribution is 2.07. The first kappa shape index (κ1) is 16.4. The minimum Gasteiger partial charge on any atom is -0.484 e. The summed E-state index contributed by atoms with van der Waals surface area (Å²) in [5.41, 5.74) is 0. The number of nitrogens with zero attached hydrogens (tertiary/aromatic N) is 4. The van der Waals surface area contributed by atoms with Crippen LogP contribution in [0.3, 0.4) is 0 Å². The molecule has 0 saturated heterocycles. The number of amides is 1. The van der Waals surface area contributed by atoms with Gasteiger partial charge in [0.05, 0.1) is 0 Å². The topological polar surface area (TPSA) is 94.0 Å². The van der Waals surface area contributed by atoms with E-state index in [1.54, 1.807) is 29.2 Å². The van der Waals surface area contributed by atoms with E-state index < -0.39 is 0 Å². The van der Waals surface area contributed by atoms with Crippen molar-refractivity contribution in [3.05, 3.63) is 60.9 Å². The summed E-state index contributed by atoms with van der Waals surface area (Å²) in [6, 6.07) is 14.7. The zero-order valence-corrected chi connectivity index (χ0v) is 13.5. The molecule has 0 atom stereocenters. The van der Waals surface area contributed by atoms with Crippen LogP contribution in [0.2, 0.25) is 0 Å². The number of para-hydroxylation sites is 1. The number of benzene rings is 1. The normalized spacial score (nSPS) is 10.2. The summed E-state index contributed by atoms with van der Waals surface area (Å²) >= 11 is 0. The SMILES string of the molecule is O=C(COc1ccccc1)NCCNc1ccc(-n2cccn2)nn1. The van der Waals surface area contributed by atoms with Crippen molar-refractivity contribution in [1.29, 1.82) is 0 Å². The van der Waals surface area contributed by atoms with Gasteiger partial charge < -0.3 is 15.4 Å². The molecule has 0 spiro atoms. The summed E-state index contributed by atoms with van der Waals surface area (Å²) in [5, 5.41) is 18.1. The van der Waals surface area contributed by atoms with Crippen LogP contribution in [0.25, 0.3) is 5.82 Å². The molecule has 1 amide bonds. The number of hydrogen-bond acceptors (Lipinski definition) is 6. The van der Waals surface area contributed by atoms with Crippen molar-refractivity contribution < 1.29 is 9.53 Å². The Hall–Kier alpha value is -3.42. The molecule has 0 aliphatic rings. The molecule has 25 heavy (non-hydrogen) atoms. The van der Waals surface area contributed by atoms with Gasteiger partial charge >= 0.3 is 0 Å². The van der Waals surface area contributed by atoms with E-state index in [-0.39, 0.29) is 12.5 Å². The second kappa shape index (κ2) is 8.44. The molecule has 0 aliphatic heterocycles. The van der Waals surface area contributed by atoms with Crippen molar-refractivity contribution >= 4 is 11.7 Å². The number of hydrogen-bond donors (Lipinski definition) is 2. The maximum atomic E-state index is 11.7. The summed E-state index contributed by atoms with van der Waals surface area (Å²) in [6.45, 7) is 0.981. The van der Waals surface area contributed by atoms with Crippen LogP contribution in [0.4, 0.5) is 5.82 Å². The second-order valence-electron chi connectivity index (χ2n) is 5.11. The lowest BCUT2D eigenvalue weighted by Gasteiger charge is -2.08. The van der Waals surface area contributed by atoms with Gasteiger partial charge in [-0.15, -0.1) is 10.2 Å². The molecular formula is C17H18N6O2. The van der Waals surface area contributed by atoms with Gasteiger partial charge in [0, 0.05) is 25.5 Å². The highest BCUT2D eigenvalue weighted by Gasteiger charge is 2.03. The summed E-state index contributed by atoms with van der Waals surface area (Å²) in [6.07, 6.45) is 3.47. The first-order valence-electron chi connectivity index (χ1n) is 7.83. The Kier molecular flexibility index (Phi) is 5.55. The fourth-order valence-electron chi connectivity index (χ4n) is 2.06. The van der Waals surface area contributed by atoms with Gasteiger partial charge in [0.2, 0.25) is 0 Å². The van der Waals surface area contributed by atoms with Crippen LogP contribution in [0.1, 0.15) is 0 Å². The minimum atomic E-state index is -0.175. The Morgan fingerprint density at radius 2 is 1.92 bits per heavy atom. The second-order valence-corrected chi connectivity index (χ2v) is 5.11. The fraction of sp³-hybridized carbons (Fsp3) is 0.176. The molecule has 2 aromatic heterocycles. The standard InChI is InChI=1S/C17H18N6O2/c24-17(13-25-14-5-2-1-3-6-14)19-11-10-18-15-7-8-16(22-21-15)23-12-4-9-20-23/h1-9,12H,10-11,13H2,(H,18,21)(H,19,24). The van der Waals surface area contributed by atoms with Crippen molar-refractivity contribution in [2.45, 2.75) is 0 Å². The quantitative estimate of drug-likeness (QED) is 0.601. The molecule has 0 saturated carbocycles. The molecule has 2 heterocycles. The largest absolute Gasteiger partial charge is 0.484 e. The maximum Gasteiger partial charge on any atom is 0.258 e. The van der Waals surface area contributed by atoms with Crippen LogP contribution in [-0.4, -0.2) is 45.6 Å². The van der Waals surface area contributed by atoms with E-state index in [4.69, 9.17) is 4.74 Å². The molecule has 0 fully saturated rings. The molecule has 0 unspecified atom stereocenters. The van der Waals surface area contributed by atoms with E-state index in [9.17, 15) is 4.79 Å². The van der Waals surface area contributed by atoms with E-state index in [1.165, 1.54) is 0 Å². The highest BCUT2D eigenvalue weighted by atomic mass is 16.5. The third-order valence-electron chi connectivity index (χ3n) is 3.26. The zero-order chi connectivity index (χ0) is 17.3. The van der Waals surface area contributed by atoms with Gasteiger partial charge in [0.15, 0.2) is 12.4 Å². The lowest BCUT2D eigenvalue weighted by Crippen LogP contribution is -2.32. The molecule has 3 aromatic rings. The molecule has 0 bridgehead atoms. The van der Waals surface area contributed by atoms with Gasteiger partial charge in [-0.2, -0.15) is 5.10 Å². The van der Waals surface area contributed by atoms with Gasteiger partial charge in [-0.1, -0.05) is 18.2 Å². The maximum absolute atomic E-state index is 11.7. The van der Waals surface area contributed by atoms with Crippen LogP contribution in [0.5, 0.6) is 5.75 Å². The lowest BCUT2D eigenvalue weighted by molar-refractivity contribution is -0.123. The number of carbonyl (C=O) groups is 1. The predicted molar refractivity (Wildman–Crippen MR) is 92.6 cm³/mol. The molecule has 8 heteroatoms. The number of anilines is 1. The minimum absolute atomic E-state index is 0.0115. The van der Waals surface area contributed by atoms with E-state index in [1.807, 2.05) is 36.4 Å². The summed E-state index contributed by atoms with van der Waals surface area (Å²) in [4.78, 5) is 11.7. The van der Waals surface area contributed by atoms with Gasteiger partial charge in [-0.3, -0.25) is 4.79 Å². The third-order valence-corrected chi connectivity index (χ3v) is 3.26. The summed E-state index contributed by atoms with van der Waals surface area (Å²) < 4.78 is 7.00. The average Bonchev–Trinajstić information content (AvgIpc) is 3.20. The summed E-state index contributed by atoms with van der Waals surface area (Å²) in [7, 11) is 0. The molecule has 2 N–H and O–H groups in total. The number of carbonyl (C=O) groups excluding carboxylic acids is 1. The van der Waals surface area contributed by atoms with Crippen LogP contribution in [0.15, 0.2) is 60.9 Å². The van der Waals surface area contributed by atoms with Crippen LogP contribution in [-0.2, 0) is 4.79 Å². The van der Waals surface area contributed by atoms with Crippen LogP contribution in [0, 0.1) is 0 Å². The Balaban J connectivity index is 1.35. The van der Waals surface area contributed by atoms with Crippen molar-refractivity contribution in [2.24, 2.45) is 0 Å². The molecular weight excluding hydrogens is 320 g/mol. The third kappa shape index (κ3) is 5.03. The molecule has 3 rings (SSSR count). The molecule has 8 nitrogen and oxygen atoms in total. The lowest BCUT2D eigenvalue weighted by atomic mass is 10.3. The zero-order valence-electron chi connectivity index (χ0n) is 13.5. The van der Waals surface area contributed by atoms with Crippen molar-refractivity contribution in [1.82, 2.24) is 25.3 Å². The van der Waals surface area contributed by atoms with Crippen molar-refractivity contribution in [3.8, 4) is 11.6 Å². The Labute approximate surface area is 144 Å². The highest BCUT2D eigenvalue weighted by molar-refractivity contribution is 5.77. The average molecular weight is 338 g/mol. The van der Waals surface area contributed by atoms with Gasteiger partial charge in [-0.05, 0) is 30.3 Å². The van der Waals surface area contributed by atoms with E-state index >= 15 is 0 Å². The monoisotopic (exact) mass is 338 g/mol. The number of aromatic nitrogens is 4. The van der Waals surface area contributed by atoms with Gasteiger partial charge in [0.1, 0.15) is 11.6 Å². The summed E-state index contributed by atoms with van der Waals surface area (Å²) in [5.74, 6) is 1.77. The van der Waals surface area contributed by atoms with Crippen LogP contribution < -0.4 is 15.4 Å². The molecule has 0 radical (unpaired) electrons. The Morgan fingerprint density at radius 3 is 2.64 bits per heavy atom. The Morgan fingerprint density at radius 1 is 1.04 bits per heavy atom. The van der Waals surface area contributed by atoms with E-state index in [0.29, 0.717) is 30.5 Å². The van der Waals surface area contributed by atoms with Crippen LogP contribution >= 0.6 is 0 Å². The molecule has 1 aromatic carbocycles. The molecule has 0 aliphatic carbocycles. The van der Waals surface area contributed by atoms with Gasteiger partial charge in [-0.25, -0.2) is 4.68 Å². The van der Waals surface area contributed by atoms with Gasteiger partial charge in [0.25, 0.3) is 5.91 Å². The first-order chi connectivity index (χ1) is 12.3. The number of ether oxygens (including phenoxy) is 1. The smallest absolute Gasteiger partial charge is 0.258 e. The van der Waals surface area contributed by atoms with Crippen molar-refractivity contribution in [2.75, 3.05) is 25.0 Å². The predicted octanol–water partition coefficient (Wildman–Crippen LogP) is 1.27. The Bertz CT molecular complexity index is 775. The number of rotatable bonds is 8. The van der Waals surface area contributed by atoms with E-state index in [0.717, 1.165) is 0 Å². The first-order valence-corrected chi connectivity index (χ1v) is 7.83. The van der Waals surface area contributed by atoms with E-state index in [2.05, 4.69) is 25.9 Å². The van der Waals surface area contributed by atoms with Crippen molar-refractivity contribution in [3.63, 3.8) is 0 Å².